The molecule has 0 unspecified atom stereocenters. The number of carbonyl (C=O) groups excluding carboxylic acids is 1. The van der Waals surface area contributed by atoms with Crippen molar-refractivity contribution >= 4 is 11.8 Å². The van der Waals surface area contributed by atoms with Crippen molar-refractivity contribution in [1.29, 1.82) is 0 Å². The highest BCUT2D eigenvalue weighted by Crippen LogP contribution is 2.40. The summed E-state index contributed by atoms with van der Waals surface area (Å²) in [5, 5.41) is 4.15. The van der Waals surface area contributed by atoms with Crippen molar-refractivity contribution in [2.75, 3.05) is 12.3 Å². The van der Waals surface area contributed by atoms with Crippen LogP contribution in [0.5, 0.6) is 0 Å². The second kappa shape index (κ2) is 4.15. The molecule has 5 nitrogen and oxygen atoms in total. The van der Waals surface area contributed by atoms with Crippen molar-refractivity contribution < 1.29 is 9.53 Å². The van der Waals surface area contributed by atoms with Gasteiger partial charge in [0, 0.05) is 12.6 Å². The molecular formula is C11H17N3O2. The van der Waals surface area contributed by atoms with Gasteiger partial charge in [-0.15, -0.1) is 0 Å². The maximum Gasteiger partial charge on any atom is 0.359 e. The first-order chi connectivity index (χ1) is 7.65. The number of ether oxygens (including phenoxy) is 1. The Balaban J connectivity index is 2.35. The van der Waals surface area contributed by atoms with Gasteiger partial charge >= 0.3 is 5.97 Å². The summed E-state index contributed by atoms with van der Waals surface area (Å²) in [6.45, 7) is 2.15. The molecule has 88 valence electrons. The Bertz CT molecular complexity index is 408. The lowest BCUT2D eigenvalue weighted by molar-refractivity contribution is 0.0516. The Kier molecular flexibility index (Phi) is 2.85. The summed E-state index contributed by atoms with van der Waals surface area (Å²) < 4.78 is 6.54. The van der Waals surface area contributed by atoms with Gasteiger partial charge in [-0.2, -0.15) is 5.10 Å². The molecule has 0 spiro atoms. The molecule has 16 heavy (non-hydrogen) atoms. The Morgan fingerprint density at radius 1 is 1.62 bits per heavy atom. The smallest absolute Gasteiger partial charge is 0.359 e. The Labute approximate surface area is 94.6 Å². The first kappa shape index (κ1) is 11.0. The number of hydrogen-bond donors (Lipinski definition) is 1. The van der Waals surface area contributed by atoms with Gasteiger partial charge in [0.05, 0.1) is 6.61 Å². The topological polar surface area (TPSA) is 70.1 Å². The second-order valence-corrected chi connectivity index (χ2v) is 4.12. The minimum Gasteiger partial charge on any atom is -0.461 e. The summed E-state index contributed by atoms with van der Waals surface area (Å²) in [5.74, 6) is 0.609. The van der Waals surface area contributed by atoms with E-state index in [4.69, 9.17) is 10.5 Å². The van der Waals surface area contributed by atoms with Crippen LogP contribution in [0, 0.1) is 0 Å². The van der Waals surface area contributed by atoms with Crippen LogP contribution in [0.25, 0.3) is 0 Å². The first-order valence-corrected chi connectivity index (χ1v) is 5.64. The van der Waals surface area contributed by atoms with E-state index in [1.165, 1.54) is 6.42 Å². The van der Waals surface area contributed by atoms with Crippen LogP contribution in [0.3, 0.4) is 0 Å². The Morgan fingerprint density at radius 3 is 2.81 bits per heavy atom. The van der Waals surface area contributed by atoms with Crippen LogP contribution in [0.15, 0.2) is 0 Å². The number of aromatic nitrogens is 2. The molecule has 0 bridgehead atoms. The second-order valence-electron chi connectivity index (χ2n) is 4.12. The molecule has 1 saturated carbocycles. The maximum atomic E-state index is 11.7. The fourth-order valence-corrected chi connectivity index (χ4v) is 2.00. The summed E-state index contributed by atoms with van der Waals surface area (Å²) in [5.41, 5.74) is 7.22. The van der Waals surface area contributed by atoms with Crippen LogP contribution in [0.2, 0.25) is 0 Å². The molecule has 1 aliphatic rings. The van der Waals surface area contributed by atoms with Gasteiger partial charge in [0.2, 0.25) is 0 Å². The normalized spacial score (nSPS) is 15.9. The first-order valence-electron chi connectivity index (χ1n) is 5.64. The standard InChI is InChI=1S/C11H17N3O2/c1-3-16-11(15)9-8(7-5-4-6-7)10(12)14(2)13-9/h7H,3-6,12H2,1-2H3. The third-order valence-electron chi connectivity index (χ3n) is 3.11. The van der Waals surface area contributed by atoms with Crippen molar-refractivity contribution in [3.63, 3.8) is 0 Å². The van der Waals surface area contributed by atoms with Crippen LogP contribution >= 0.6 is 0 Å². The maximum absolute atomic E-state index is 11.7. The Morgan fingerprint density at radius 2 is 2.31 bits per heavy atom. The van der Waals surface area contributed by atoms with Gasteiger partial charge in [0.1, 0.15) is 5.82 Å². The summed E-state index contributed by atoms with van der Waals surface area (Å²) in [4.78, 5) is 11.7. The summed E-state index contributed by atoms with van der Waals surface area (Å²) in [6, 6.07) is 0. The van der Waals surface area contributed by atoms with E-state index in [0.717, 1.165) is 18.4 Å². The van der Waals surface area contributed by atoms with Crippen LogP contribution in [0.1, 0.15) is 48.2 Å². The van der Waals surface area contributed by atoms with E-state index in [1.54, 1.807) is 18.7 Å². The zero-order valence-corrected chi connectivity index (χ0v) is 9.69. The minimum absolute atomic E-state index is 0.361. The molecule has 2 rings (SSSR count). The zero-order valence-electron chi connectivity index (χ0n) is 9.69. The van der Waals surface area contributed by atoms with E-state index in [-0.39, 0.29) is 5.97 Å². The lowest BCUT2D eigenvalue weighted by atomic mass is 9.79. The molecule has 0 amide bonds. The fourth-order valence-electron chi connectivity index (χ4n) is 2.00. The molecule has 0 atom stereocenters. The average Bonchev–Trinajstić information content (AvgIpc) is 2.44. The monoisotopic (exact) mass is 223 g/mol. The largest absolute Gasteiger partial charge is 0.461 e. The van der Waals surface area contributed by atoms with E-state index < -0.39 is 0 Å². The number of esters is 1. The third kappa shape index (κ3) is 1.66. The van der Waals surface area contributed by atoms with Gasteiger partial charge in [-0.1, -0.05) is 6.42 Å². The van der Waals surface area contributed by atoms with E-state index in [1.807, 2.05) is 0 Å². The number of rotatable bonds is 3. The van der Waals surface area contributed by atoms with E-state index in [2.05, 4.69) is 5.10 Å². The highest BCUT2D eigenvalue weighted by atomic mass is 16.5. The molecule has 0 aromatic carbocycles. The number of aryl methyl sites for hydroxylation is 1. The van der Waals surface area contributed by atoms with E-state index >= 15 is 0 Å². The summed E-state index contributed by atoms with van der Waals surface area (Å²) >= 11 is 0. The van der Waals surface area contributed by atoms with Crippen molar-refractivity contribution in [2.24, 2.45) is 7.05 Å². The molecule has 1 fully saturated rings. The van der Waals surface area contributed by atoms with E-state index in [0.29, 0.717) is 24.0 Å². The molecule has 1 aliphatic carbocycles. The predicted molar refractivity (Wildman–Crippen MR) is 60.2 cm³/mol. The SMILES string of the molecule is CCOC(=O)c1nn(C)c(N)c1C1CCC1. The molecule has 0 aliphatic heterocycles. The molecule has 2 N–H and O–H groups in total. The number of nitrogen functional groups attached to an aromatic ring is 1. The molecule has 1 heterocycles. The number of nitrogens with zero attached hydrogens (tertiary/aromatic N) is 2. The summed E-state index contributed by atoms with van der Waals surface area (Å²) in [7, 11) is 1.75. The van der Waals surface area contributed by atoms with Crippen LogP contribution in [-0.2, 0) is 11.8 Å². The van der Waals surface area contributed by atoms with Crippen molar-refractivity contribution in [1.82, 2.24) is 9.78 Å². The van der Waals surface area contributed by atoms with Crippen LogP contribution < -0.4 is 5.73 Å². The number of hydrogen-bond acceptors (Lipinski definition) is 4. The van der Waals surface area contributed by atoms with Gasteiger partial charge < -0.3 is 10.5 Å². The zero-order chi connectivity index (χ0) is 11.7. The highest BCUT2D eigenvalue weighted by Gasteiger charge is 2.31. The lowest BCUT2D eigenvalue weighted by Gasteiger charge is -2.25. The van der Waals surface area contributed by atoms with Crippen LogP contribution in [-0.4, -0.2) is 22.4 Å². The Hall–Kier alpha value is -1.52. The van der Waals surface area contributed by atoms with Gasteiger partial charge in [0.15, 0.2) is 5.69 Å². The molecule has 0 saturated heterocycles. The average molecular weight is 223 g/mol. The molecule has 0 radical (unpaired) electrons. The van der Waals surface area contributed by atoms with Crippen LogP contribution in [0.4, 0.5) is 5.82 Å². The fraction of sp³-hybridized carbons (Fsp3) is 0.636. The minimum atomic E-state index is -0.364. The predicted octanol–water partition coefficient (Wildman–Crippen LogP) is 1.45. The third-order valence-corrected chi connectivity index (χ3v) is 3.11. The highest BCUT2D eigenvalue weighted by molar-refractivity contribution is 5.90. The van der Waals surface area contributed by atoms with Gasteiger partial charge in [0.25, 0.3) is 0 Å². The van der Waals surface area contributed by atoms with Gasteiger partial charge in [-0.05, 0) is 25.7 Å². The molecule has 1 aromatic rings. The number of nitrogens with two attached hydrogens (primary N) is 1. The van der Waals surface area contributed by atoms with E-state index in [9.17, 15) is 4.79 Å². The quantitative estimate of drug-likeness (QED) is 0.787. The molecular weight excluding hydrogens is 206 g/mol. The van der Waals surface area contributed by atoms with Gasteiger partial charge in [-0.3, -0.25) is 4.68 Å². The van der Waals surface area contributed by atoms with Crippen molar-refractivity contribution in [3.05, 3.63) is 11.3 Å². The summed E-state index contributed by atoms with van der Waals surface area (Å²) in [6.07, 6.45) is 3.37. The number of anilines is 1. The van der Waals surface area contributed by atoms with Crippen molar-refractivity contribution in [3.8, 4) is 0 Å². The number of carbonyl (C=O) groups is 1. The lowest BCUT2D eigenvalue weighted by Crippen LogP contribution is -2.15. The molecule has 1 aromatic heterocycles. The van der Waals surface area contributed by atoms with Gasteiger partial charge in [-0.25, -0.2) is 4.79 Å². The van der Waals surface area contributed by atoms with Crippen molar-refractivity contribution in [2.45, 2.75) is 32.1 Å². The molecule has 5 heteroatoms.